The number of fused-ring (bicyclic) bond motifs is 1. The molecule has 3 aromatic rings. The Morgan fingerprint density at radius 3 is 2.58 bits per heavy atom. The van der Waals surface area contributed by atoms with Crippen LogP contribution in [-0.2, 0) is 6.42 Å². The molecule has 0 aliphatic rings. The van der Waals surface area contributed by atoms with Gasteiger partial charge in [0.05, 0.1) is 4.47 Å². The number of halogens is 1. The van der Waals surface area contributed by atoms with E-state index in [9.17, 15) is 5.11 Å². The van der Waals surface area contributed by atoms with Crippen LogP contribution >= 0.6 is 15.9 Å². The summed E-state index contributed by atoms with van der Waals surface area (Å²) < 4.78 is 6.64. The summed E-state index contributed by atoms with van der Waals surface area (Å²) in [6.45, 7) is 0. The average Bonchev–Trinajstić information content (AvgIpc) is 2.85. The number of rotatable bonds is 3. The van der Waals surface area contributed by atoms with Crippen molar-refractivity contribution in [3.8, 4) is 0 Å². The van der Waals surface area contributed by atoms with E-state index in [2.05, 4.69) is 15.9 Å². The fourth-order valence-corrected chi connectivity index (χ4v) is 2.61. The Morgan fingerprint density at radius 2 is 1.84 bits per heavy atom. The van der Waals surface area contributed by atoms with Gasteiger partial charge in [-0.05, 0) is 33.6 Å². The lowest BCUT2D eigenvalue weighted by Gasteiger charge is -2.07. The molecule has 2 nitrogen and oxygen atoms in total. The number of benzene rings is 2. The summed E-state index contributed by atoms with van der Waals surface area (Å²) in [5.74, 6) is 0.603. The monoisotopic (exact) mass is 316 g/mol. The Hall–Kier alpha value is -1.58. The zero-order valence-electron chi connectivity index (χ0n) is 10.2. The Bertz CT molecular complexity index is 688. The highest BCUT2D eigenvalue weighted by atomic mass is 79.9. The van der Waals surface area contributed by atoms with Crippen LogP contribution in [0.5, 0.6) is 0 Å². The Morgan fingerprint density at radius 1 is 1.05 bits per heavy atom. The first kappa shape index (κ1) is 12.5. The smallest absolute Gasteiger partial charge is 0.148 e. The van der Waals surface area contributed by atoms with Gasteiger partial charge in [0.2, 0.25) is 0 Å². The minimum atomic E-state index is -0.623. The number of aliphatic hydroxyl groups excluding tert-OH is 1. The molecule has 0 radical (unpaired) electrons. The predicted octanol–water partition coefficient (Wildman–Crippen LogP) is 4.47. The molecule has 0 aliphatic carbocycles. The Balaban J connectivity index is 1.89. The first-order valence-corrected chi connectivity index (χ1v) is 6.93. The molecule has 3 rings (SSSR count). The van der Waals surface area contributed by atoms with E-state index in [0.29, 0.717) is 12.2 Å². The average molecular weight is 317 g/mol. The molecule has 19 heavy (non-hydrogen) atoms. The SMILES string of the molecule is OC(Cc1ccccc1)c1cc2cccc(Br)c2o1. The van der Waals surface area contributed by atoms with Crippen molar-refractivity contribution in [2.75, 3.05) is 0 Å². The summed E-state index contributed by atoms with van der Waals surface area (Å²) in [4.78, 5) is 0. The van der Waals surface area contributed by atoms with Crippen molar-refractivity contribution in [3.05, 3.63) is 70.4 Å². The summed E-state index contributed by atoms with van der Waals surface area (Å²) in [7, 11) is 0. The van der Waals surface area contributed by atoms with Gasteiger partial charge in [-0.1, -0.05) is 42.5 Å². The van der Waals surface area contributed by atoms with E-state index in [-0.39, 0.29) is 0 Å². The van der Waals surface area contributed by atoms with Gasteiger partial charge in [-0.3, -0.25) is 0 Å². The zero-order chi connectivity index (χ0) is 13.2. The molecule has 0 bridgehead atoms. The Kier molecular flexibility index (Phi) is 3.40. The van der Waals surface area contributed by atoms with E-state index >= 15 is 0 Å². The molecule has 0 saturated heterocycles. The minimum Gasteiger partial charge on any atom is -0.457 e. The molecule has 0 aliphatic heterocycles. The van der Waals surface area contributed by atoms with Crippen LogP contribution in [0, 0.1) is 0 Å². The summed E-state index contributed by atoms with van der Waals surface area (Å²) in [6.07, 6.45) is -0.0696. The second-order valence-electron chi connectivity index (χ2n) is 4.51. The second-order valence-corrected chi connectivity index (χ2v) is 5.37. The third kappa shape index (κ3) is 2.57. The molecule has 1 heterocycles. The number of aliphatic hydroxyl groups is 1. The van der Waals surface area contributed by atoms with Gasteiger partial charge in [-0.15, -0.1) is 0 Å². The van der Waals surface area contributed by atoms with E-state index in [1.54, 1.807) is 0 Å². The first-order valence-electron chi connectivity index (χ1n) is 6.14. The molecule has 1 unspecified atom stereocenters. The van der Waals surface area contributed by atoms with Crippen LogP contribution in [0.4, 0.5) is 0 Å². The van der Waals surface area contributed by atoms with Crippen LogP contribution in [0.15, 0.2) is 63.5 Å². The van der Waals surface area contributed by atoms with Gasteiger partial charge >= 0.3 is 0 Å². The van der Waals surface area contributed by atoms with Crippen molar-refractivity contribution >= 4 is 26.9 Å². The molecular formula is C16H13BrO2. The van der Waals surface area contributed by atoms with E-state index in [4.69, 9.17) is 4.42 Å². The van der Waals surface area contributed by atoms with Crippen molar-refractivity contribution in [1.82, 2.24) is 0 Å². The molecule has 96 valence electrons. The normalized spacial score (nSPS) is 12.7. The molecule has 0 saturated carbocycles. The van der Waals surface area contributed by atoms with E-state index < -0.39 is 6.10 Å². The third-order valence-electron chi connectivity index (χ3n) is 3.12. The molecule has 1 N–H and O–H groups in total. The summed E-state index contributed by atoms with van der Waals surface area (Å²) in [5.41, 5.74) is 1.87. The number of furan rings is 1. The van der Waals surface area contributed by atoms with E-state index in [0.717, 1.165) is 21.0 Å². The molecule has 0 fully saturated rings. The molecule has 0 spiro atoms. The maximum Gasteiger partial charge on any atom is 0.148 e. The van der Waals surface area contributed by atoms with Gasteiger partial charge in [-0.25, -0.2) is 0 Å². The lowest BCUT2D eigenvalue weighted by Crippen LogP contribution is -1.99. The molecule has 1 aromatic heterocycles. The van der Waals surface area contributed by atoms with E-state index in [1.807, 2.05) is 54.6 Å². The van der Waals surface area contributed by atoms with Crippen molar-refractivity contribution in [3.63, 3.8) is 0 Å². The van der Waals surface area contributed by atoms with Gasteiger partial charge < -0.3 is 9.52 Å². The molecule has 2 aromatic carbocycles. The highest BCUT2D eigenvalue weighted by Gasteiger charge is 2.15. The van der Waals surface area contributed by atoms with Gasteiger partial charge in [0.15, 0.2) is 0 Å². The quantitative estimate of drug-likeness (QED) is 0.773. The molecule has 1 atom stereocenters. The van der Waals surface area contributed by atoms with Crippen molar-refractivity contribution < 1.29 is 9.52 Å². The van der Waals surface area contributed by atoms with Crippen LogP contribution in [0.1, 0.15) is 17.4 Å². The third-order valence-corrected chi connectivity index (χ3v) is 3.74. The topological polar surface area (TPSA) is 33.4 Å². The fourth-order valence-electron chi connectivity index (χ4n) is 2.15. The van der Waals surface area contributed by atoms with Gasteiger partial charge in [0.25, 0.3) is 0 Å². The standard InChI is InChI=1S/C16H13BrO2/c17-13-8-4-7-12-10-15(19-16(12)13)14(18)9-11-5-2-1-3-6-11/h1-8,10,14,18H,9H2. The molecule has 0 amide bonds. The van der Waals surface area contributed by atoms with Crippen LogP contribution < -0.4 is 0 Å². The lowest BCUT2D eigenvalue weighted by atomic mass is 10.1. The highest BCUT2D eigenvalue weighted by molar-refractivity contribution is 9.10. The first-order chi connectivity index (χ1) is 9.24. The summed E-state index contributed by atoms with van der Waals surface area (Å²) >= 11 is 3.45. The number of hydrogen-bond acceptors (Lipinski definition) is 2. The fraction of sp³-hybridized carbons (Fsp3) is 0.125. The van der Waals surface area contributed by atoms with Crippen LogP contribution in [0.2, 0.25) is 0 Å². The number of hydrogen-bond donors (Lipinski definition) is 1. The van der Waals surface area contributed by atoms with Crippen molar-refractivity contribution in [1.29, 1.82) is 0 Å². The maximum atomic E-state index is 10.3. The predicted molar refractivity (Wildman–Crippen MR) is 79.0 cm³/mol. The van der Waals surface area contributed by atoms with Crippen LogP contribution in [0.25, 0.3) is 11.0 Å². The minimum absolute atomic E-state index is 0.554. The van der Waals surface area contributed by atoms with Crippen molar-refractivity contribution in [2.24, 2.45) is 0 Å². The van der Waals surface area contributed by atoms with Crippen molar-refractivity contribution in [2.45, 2.75) is 12.5 Å². The van der Waals surface area contributed by atoms with E-state index in [1.165, 1.54) is 0 Å². The van der Waals surface area contributed by atoms with Gasteiger partial charge in [-0.2, -0.15) is 0 Å². The Labute approximate surface area is 119 Å². The van der Waals surface area contributed by atoms with Crippen LogP contribution in [0.3, 0.4) is 0 Å². The maximum absolute atomic E-state index is 10.3. The molecule has 3 heteroatoms. The van der Waals surface area contributed by atoms with Gasteiger partial charge in [0, 0.05) is 11.8 Å². The largest absolute Gasteiger partial charge is 0.457 e. The highest BCUT2D eigenvalue weighted by Crippen LogP contribution is 2.30. The lowest BCUT2D eigenvalue weighted by molar-refractivity contribution is 0.152. The summed E-state index contributed by atoms with van der Waals surface area (Å²) in [5, 5.41) is 11.3. The van der Waals surface area contributed by atoms with Gasteiger partial charge in [0.1, 0.15) is 17.4 Å². The number of para-hydroxylation sites is 1. The van der Waals surface area contributed by atoms with Crippen LogP contribution in [-0.4, -0.2) is 5.11 Å². The summed E-state index contributed by atoms with van der Waals surface area (Å²) in [6, 6.07) is 17.7. The zero-order valence-corrected chi connectivity index (χ0v) is 11.8. The molecular weight excluding hydrogens is 304 g/mol. The second kappa shape index (κ2) is 5.19.